The van der Waals surface area contributed by atoms with Crippen molar-refractivity contribution in [2.45, 2.75) is 40.2 Å². The lowest BCUT2D eigenvalue weighted by molar-refractivity contribution is -0.122. The molecular weight excluding hydrogens is 461 g/mol. The van der Waals surface area contributed by atoms with E-state index in [0.717, 1.165) is 29.1 Å². The fraction of sp³-hybridized carbons (Fsp3) is 0.357. The van der Waals surface area contributed by atoms with Gasteiger partial charge in [-0.3, -0.25) is 9.69 Å². The summed E-state index contributed by atoms with van der Waals surface area (Å²) in [4.78, 5) is 22.2. The number of hydrogen-bond donors (Lipinski definition) is 0. The zero-order chi connectivity index (χ0) is 25.2. The number of halogens is 1. The van der Waals surface area contributed by atoms with Crippen LogP contribution in [0.1, 0.15) is 45.7 Å². The van der Waals surface area contributed by atoms with Gasteiger partial charge in [0.2, 0.25) is 0 Å². The van der Waals surface area contributed by atoms with Crippen molar-refractivity contribution >= 4 is 45.9 Å². The van der Waals surface area contributed by atoms with Crippen molar-refractivity contribution in [2.24, 2.45) is 4.99 Å². The van der Waals surface area contributed by atoms with Gasteiger partial charge in [-0.05, 0) is 82.3 Å². The first kappa shape index (κ1) is 25.2. The number of benzene rings is 2. The maximum Gasteiger partial charge on any atom is 0.266 e. The Hall–Kier alpha value is -2.90. The number of anilines is 1. The average molecular weight is 494 g/mol. The van der Waals surface area contributed by atoms with Crippen LogP contribution in [0, 0.1) is 5.82 Å². The molecule has 184 valence electrons. The minimum Gasteiger partial charge on any atom is -0.380 e. The first-order valence-electron chi connectivity index (χ1n) is 12.0. The van der Waals surface area contributed by atoms with E-state index in [4.69, 9.17) is 4.74 Å². The quantitative estimate of drug-likeness (QED) is 0.327. The van der Waals surface area contributed by atoms with Gasteiger partial charge in [0.05, 0.1) is 29.3 Å². The van der Waals surface area contributed by atoms with Crippen molar-refractivity contribution in [3.63, 3.8) is 0 Å². The number of fused-ring (bicyclic) bond motifs is 1. The molecular formula is C28H32FN3O2S. The molecule has 2 aliphatic heterocycles. The molecule has 0 bridgehead atoms. The largest absolute Gasteiger partial charge is 0.380 e. The molecule has 0 spiro atoms. The van der Waals surface area contributed by atoms with Crippen LogP contribution in [-0.2, 0) is 9.53 Å². The average Bonchev–Trinajstić information content (AvgIpc) is 3.09. The summed E-state index contributed by atoms with van der Waals surface area (Å²) in [6.45, 7) is 12.4. The highest BCUT2D eigenvalue weighted by molar-refractivity contribution is 8.18. The van der Waals surface area contributed by atoms with E-state index in [2.05, 4.69) is 43.7 Å². The van der Waals surface area contributed by atoms with Crippen LogP contribution in [0.3, 0.4) is 0 Å². The van der Waals surface area contributed by atoms with E-state index in [1.165, 1.54) is 11.8 Å². The van der Waals surface area contributed by atoms with Gasteiger partial charge in [-0.2, -0.15) is 0 Å². The van der Waals surface area contributed by atoms with Crippen LogP contribution in [-0.4, -0.2) is 47.8 Å². The molecule has 0 unspecified atom stereocenters. The number of nitrogens with zero attached hydrogens (tertiary/aromatic N) is 3. The maximum absolute atomic E-state index is 15.4. The van der Waals surface area contributed by atoms with Gasteiger partial charge < -0.3 is 9.64 Å². The Bertz CT molecular complexity index is 1200. The van der Waals surface area contributed by atoms with Crippen molar-refractivity contribution < 1.29 is 13.9 Å². The lowest BCUT2D eigenvalue weighted by Gasteiger charge is -2.42. The van der Waals surface area contributed by atoms with Crippen LogP contribution in [0.25, 0.3) is 11.6 Å². The lowest BCUT2D eigenvalue weighted by Crippen LogP contribution is -2.45. The molecule has 2 aliphatic rings. The molecule has 2 aromatic rings. The predicted molar refractivity (Wildman–Crippen MR) is 144 cm³/mol. The predicted octanol–water partition coefficient (Wildman–Crippen LogP) is 6.49. The van der Waals surface area contributed by atoms with Crippen molar-refractivity contribution in [1.29, 1.82) is 0 Å². The van der Waals surface area contributed by atoms with Crippen LogP contribution in [0.15, 0.2) is 58.4 Å². The van der Waals surface area contributed by atoms with Gasteiger partial charge in [0, 0.05) is 30.0 Å². The van der Waals surface area contributed by atoms with Crippen LogP contribution < -0.4 is 4.90 Å². The third kappa shape index (κ3) is 5.21. The van der Waals surface area contributed by atoms with E-state index in [1.54, 1.807) is 17.0 Å². The van der Waals surface area contributed by atoms with Gasteiger partial charge in [-0.15, -0.1) is 0 Å². The minimum absolute atomic E-state index is 0.190. The van der Waals surface area contributed by atoms with E-state index in [9.17, 15) is 4.79 Å². The highest BCUT2D eigenvalue weighted by Crippen LogP contribution is 2.41. The van der Waals surface area contributed by atoms with Gasteiger partial charge in [-0.25, -0.2) is 9.38 Å². The van der Waals surface area contributed by atoms with Crippen molar-refractivity contribution in [3.05, 3.63) is 70.4 Å². The Morgan fingerprint density at radius 2 is 1.91 bits per heavy atom. The molecule has 5 nitrogen and oxygen atoms in total. The van der Waals surface area contributed by atoms with Gasteiger partial charge in [0.25, 0.3) is 5.91 Å². The Labute approximate surface area is 211 Å². The molecule has 2 aromatic carbocycles. The van der Waals surface area contributed by atoms with Crippen LogP contribution in [0.2, 0.25) is 0 Å². The SMILES string of the molecule is CCOCCN1C(=O)/C(=C\c2cc3c(cc2F)N(CC)C(C)(C)C=C3C)SC1=Nc1ccccc1. The van der Waals surface area contributed by atoms with E-state index in [1.807, 2.05) is 43.3 Å². The van der Waals surface area contributed by atoms with E-state index in [-0.39, 0.29) is 17.3 Å². The molecule has 1 saturated heterocycles. The van der Waals surface area contributed by atoms with Gasteiger partial charge in [-0.1, -0.05) is 24.3 Å². The third-order valence-corrected chi connectivity index (χ3v) is 7.24. The Morgan fingerprint density at radius 3 is 2.60 bits per heavy atom. The summed E-state index contributed by atoms with van der Waals surface area (Å²) >= 11 is 1.27. The molecule has 0 N–H and O–H groups in total. The second kappa shape index (κ2) is 10.4. The molecule has 0 aromatic heterocycles. The van der Waals surface area contributed by atoms with Crippen LogP contribution >= 0.6 is 11.8 Å². The summed E-state index contributed by atoms with van der Waals surface area (Å²) in [6, 6.07) is 13.0. The van der Waals surface area contributed by atoms with Crippen molar-refractivity contribution in [3.8, 4) is 0 Å². The zero-order valence-electron chi connectivity index (χ0n) is 21.0. The molecule has 4 rings (SSSR count). The second-order valence-electron chi connectivity index (χ2n) is 9.11. The second-order valence-corrected chi connectivity index (χ2v) is 10.1. The van der Waals surface area contributed by atoms with Crippen molar-refractivity contribution in [1.82, 2.24) is 4.90 Å². The first-order chi connectivity index (χ1) is 16.7. The zero-order valence-corrected chi connectivity index (χ0v) is 21.8. The van der Waals surface area contributed by atoms with Crippen LogP contribution in [0.5, 0.6) is 0 Å². The molecule has 35 heavy (non-hydrogen) atoms. The number of allylic oxidation sites excluding steroid dienone is 1. The Morgan fingerprint density at radius 1 is 1.17 bits per heavy atom. The number of ether oxygens (including phenoxy) is 1. The summed E-state index contributed by atoms with van der Waals surface area (Å²) in [6.07, 6.45) is 3.86. The summed E-state index contributed by atoms with van der Waals surface area (Å²) in [5.74, 6) is -0.534. The fourth-order valence-electron chi connectivity index (χ4n) is 4.65. The van der Waals surface area contributed by atoms with Crippen LogP contribution in [0.4, 0.5) is 15.8 Å². The van der Waals surface area contributed by atoms with E-state index in [0.29, 0.717) is 35.4 Å². The molecule has 0 aliphatic carbocycles. The Balaban J connectivity index is 1.72. The number of rotatable bonds is 7. The van der Waals surface area contributed by atoms with Crippen molar-refractivity contribution in [2.75, 3.05) is 31.2 Å². The molecule has 7 heteroatoms. The number of thioether (sulfide) groups is 1. The monoisotopic (exact) mass is 493 g/mol. The maximum atomic E-state index is 15.4. The number of carbonyl (C=O) groups excluding carboxylic acids is 1. The normalized spacial score (nSPS) is 19.5. The number of hydrogen-bond acceptors (Lipinski definition) is 5. The van der Waals surface area contributed by atoms with Gasteiger partial charge in [0.15, 0.2) is 5.17 Å². The Kier molecular flexibility index (Phi) is 7.47. The molecule has 0 radical (unpaired) electrons. The third-order valence-electron chi connectivity index (χ3n) is 6.23. The van der Waals surface area contributed by atoms with E-state index < -0.39 is 0 Å². The number of carbonyl (C=O) groups is 1. The molecule has 2 heterocycles. The molecule has 1 fully saturated rings. The summed E-state index contributed by atoms with van der Waals surface area (Å²) in [7, 11) is 0. The number of aliphatic imine (C=N–C) groups is 1. The summed E-state index contributed by atoms with van der Waals surface area (Å²) < 4.78 is 20.8. The molecule has 0 atom stereocenters. The minimum atomic E-state index is -0.345. The van der Waals surface area contributed by atoms with E-state index >= 15 is 4.39 Å². The molecule has 0 saturated carbocycles. The highest BCUT2D eigenvalue weighted by Gasteiger charge is 2.34. The molecule has 1 amide bonds. The number of para-hydroxylation sites is 1. The number of amidine groups is 1. The summed E-state index contributed by atoms with van der Waals surface area (Å²) in [5, 5.41) is 0.570. The smallest absolute Gasteiger partial charge is 0.266 e. The lowest BCUT2D eigenvalue weighted by atomic mass is 9.88. The highest BCUT2D eigenvalue weighted by atomic mass is 32.2. The fourth-order valence-corrected chi connectivity index (χ4v) is 5.66. The topological polar surface area (TPSA) is 45.1 Å². The van der Waals surface area contributed by atoms with Gasteiger partial charge >= 0.3 is 0 Å². The number of likely N-dealkylation sites (N-methyl/N-ethyl adjacent to an activating group) is 1. The van der Waals surface area contributed by atoms with Gasteiger partial charge in [0.1, 0.15) is 5.82 Å². The first-order valence-corrected chi connectivity index (χ1v) is 12.8. The standard InChI is InChI=1S/C28H32FN3O2S/c1-6-32-24-17-23(29)20(15-22(24)19(3)18-28(32,4)5)16-25-26(33)31(13-14-34-7-2)27(35-25)30-21-11-9-8-10-12-21/h8-12,15-18H,6-7,13-14H2,1-5H3/b25-16+,30-27?. The summed E-state index contributed by atoms with van der Waals surface area (Å²) in [5.41, 5.74) is 3.93. The number of amides is 1.